The Bertz CT molecular complexity index is 1020. The topological polar surface area (TPSA) is 36.4 Å². The molecule has 1 aromatic heterocycles. The lowest BCUT2D eigenvalue weighted by molar-refractivity contribution is 0.0986. The Hall–Kier alpha value is -1.37. The molecule has 0 fully saturated rings. The van der Waals surface area contributed by atoms with Gasteiger partial charge >= 0.3 is 0 Å². The van der Waals surface area contributed by atoms with Gasteiger partial charge in [-0.05, 0) is 69.9 Å². The van der Waals surface area contributed by atoms with Crippen molar-refractivity contribution in [1.82, 2.24) is 9.88 Å². The highest BCUT2D eigenvalue weighted by molar-refractivity contribution is 7.22. The lowest BCUT2D eigenvalue weighted by Crippen LogP contribution is -2.33. The third kappa shape index (κ3) is 4.78. The second-order valence-electron chi connectivity index (χ2n) is 6.80. The summed E-state index contributed by atoms with van der Waals surface area (Å²) in [6.45, 7) is 3.35. The van der Waals surface area contributed by atoms with E-state index in [0.29, 0.717) is 32.3 Å². The number of carbonyl (C=O) groups excluding carboxylic acids is 1. The highest BCUT2D eigenvalue weighted by Crippen LogP contribution is 2.34. The molecule has 148 valence electrons. The smallest absolute Gasteiger partial charge is 0.261 e. The molecule has 1 heterocycles. The molecule has 3 aromatic rings. The van der Waals surface area contributed by atoms with Gasteiger partial charge in [-0.2, -0.15) is 0 Å². The average molecular weight is 457 g/mol. The molecule has 1 amide bonds. The minimum Gasteiger partial charge on any atom is -0.309 e. The maximum absolute atomic E-state index is 13.3. The fourth-order valence-electron chi connectivity index (χ4n) is 2.90. The van der Waals surface area contributed by atoms with Gasteiger partial charge in [-0.25, -0.2) is 4.98 Å². The van der Waals surface area contributed by atoms with Crippen molar-refractivity contribution in [3.63, 3.8) is 0 Å². The van der Waals surface area contributed by atoms with Crippen LogP contribution >= 0.6 is 46.1 Å². The summed E-state index contributed by atoms with van der Waals surface area (Å²) in [5.74, 6) is -0.191. The molecular formula is C20H20Cl3N3OS. The zero-order chi connectivity index (χ0) is 20.4. The molecule has 28 heavy (non-hydrogen) atoms. The normalized spacial score (nSPS) is 11.4. The number of carbonyl (C=O) groups is 1. The Labute approximate surface area is 183 Å². The highest BCUT2D eigenvalue weighted by Gasteiger charge is 2.23. The standard InChI is InChI=1S/C20H20Cl3N3OS/c1-12-9-14(22)11-17-18(12)24-20(28-17)26(8-4-7-25(2)3)19(27)15-6-5-13(21)10-16(15)23/h5-6,9-11H,4,7-8H2,1-3H3. The molecule has 0 aliphatic carbocycles. The predicted octanol–water partition coefficient (Wildman–Crippen LogP) is 6.16. The van der Waals surface area contributed by atoms with E-state index >= 15 is 0 Å². The van der Waals surface area contributed by atoms with E-state index in [4.69, 9.17) is 39.8 Å². The zero-order valence-electron chi connectivity index (χ0n) is 15.8. The van der Waals surface area contributed by atoms with Gasteiger partial charge in [0.1, 0.15) is 0 Å². The molecule has 4 nitrogen and oxygen atoms in total. The first-order valence-electron chi connectivity index (χ1n) is 8.74. The molecule has 0 saturated heterocycles. The molecule has 0 saturated carbocycles. The maximum Gasteiger partial charge on any atom is 0.261 e. The van der Waals surface area contributed by atoms with Crippen LogP contribution in [-0.2, 0) is 0 Å². The molecule has 0 aliphatic heterocycles. The molecule has 0 aliphatic rings. The SMILES string of the molecule is Cc1cc(Cl)cc2sc(N(CCCN(C)C)C(=O)c3ccc(Cl)cc3Cl)nc12. The molecule has 0 radical (unpaired) electrons. The van der Waals surface area contributed by atoms with Crippen molar-refractivity contribution in [2.75, 3.05) is 32.1 Å². The van der Waals surface area contributed by atoms with Crippen molar-refractivity contribution in [3.05, 3.63) is 56.5 Å². The molecule has 2 aromatic carbocycles. The fourth-order valence-corrected chi connectivity index (χ4v) is 4.83. The number of halogens is 3. The van der Waals surface area contributed by atoms with E-state index in [1.54, 1.807) is 23.1 Å². The van der Waals surface area contributed by atoms with Gasteiger partial charge in [0.2, 0.25) is 0 Å². The summed E-state index contributed by atoms with van der Waals surface area (Å²) in [7, 11) is 4.01. The first-order valence-corrected chi connectivity index (χ1v) is 10.7. The summed E-state index contributed by atoms with van der Waals surface area (Å²) in [6.07, 6.45) is 0.805. The van der Waals surface area contributed by atoms with E-state index < -0.39 is 0 Å². The van der Waals surface area contributed by atoms with Crippen LogP contribution < -0.4 is 4.90 Å². The minimum atomic E-state index is -0.191. The number of thiazole rings is 1. The first-order chi connectivity index (χ1) is 13.3. The third-order valence-electron chi connectivity index (χ3n) is 4.26. The van der Waals surface area contributed by atoms with Crippen LogP contribution in [0.4, 0.5) is 5.13 Å². The van der Waals surface area contributed by atoms with Crippen LogP contribution in [0, 0.1) is 6.92 Å². The lowest BCUT2D eigenvalue weighted by atomic mass is 10.2. The molecule has 0 N–H and O–H groups in total. The number of hydrogen-bond donors (Lipinski definition) is 0. The number of fused-ring (bicyclic) bond motifs is 1. The first kappa shape index (κ1) is 21.3. The van der Waals surface area contributed by atoms with Gasteiger partial charge < -0.3 is 4.90 Å². The molecule has 0 atom stereocenters. The van der Waals surface area contributed by atoms with Crippen LogP contribution in [0.5, 0.6) is 0 Å². The highest BCUT2D eigenvalue weighted by atomic mass is 35.5. The summed E-state index contributed by atoms with van der Waals surface area (Å²) in [4.78, 5) is 21.8. The van der Waals surface area contributed by atoms with Crippen molar-refractivity contribution >= 4 is 67.4 Å². The molecule has 8 heteroatoms. The van der Waals surface area contributed by atoms with Crippen molar-refractivity contribution in [2.24, 2.45) is 0 Å². The quantitative estimate of drug-likeness (QED) is 0.445. The van der Waals surface area contributed by atoms with E-state index in [0.717, 1.165) is 28.7 Å². The van der Waals surface area contributed by atoms with Crippen LogP contribution in [0.3, 0.4) is 0 Å². The minimum absolute atomic E-state index is 0.191. The monoisotopic (exact) mass is 455 g/mol. The largest absolute Gasteiger partial charge is 0.309 e. The molecule has 0 spiro atoms. The van der Waals surface area contributed by atoms with Gasteiger partial charge in [-0.1, -0.05) is 46.1 Å². The van der Waals surface area contributed by atoms with Crippen LogP contribution in [0.15, 0.2) is 30.3 Å². The van der Waals surface area contributed by atoms with Gasteiger partial charge in [0.25, 0.3) is 5.91 Å². The number of rotatable bonds is 6. The summed E-state index contributed by atoms with van der Waals surface area (Å²) >= 11 is 19.9. The summed E-state index contributed by atoms with van der Waals surface area (Å²) in [5.41, 5.74) is 2.25. The summed E-state index contributed by atoms with van der Waals surface area (Å²) < 4.78 is 0.951. The van der Waals surface area contributed by atoms with Gasteiger partial charge in [0.05, 0.1) is 20.8 Å². The Morgan fingerprint density at radius 2 is 1.82 bits per heavy atom. The summed E-state index contributed by atoms with van der Waals surface area (Å²) in [5, 5.41) is 2.11. The van der Waals surface area contributed by atoms with E-state index in [9.17, 15) is 4.79 Å². The number of benzene rings is 2. The average Bonchev–Trinajstić information content (AvgIpc) is 3.02. The lowest BCUT2D eigenvalue weighted by Gasteiger charge is -2.21. The van der Waals surface area contributed by atoms with Crippen molar-refractivity contribution < 1.29 is 4.79 Å². The zero-order valence-corrected chi connectivity index (χ0v) is 18.9. The Kier molecular flexibility index (Phi) is 6.84. The number of nitrogens with zero attached hydrogens (tertiary/aromatic N) is 3. The van der Waals surface area contributed by atoms with Crippen LogP contribution in [-0.4, -0.2) is 43.0 Å². The molecule has 0 bridgehead atoms. The van der Waals surface area contributed by atoms with Crippen LogP contribution in [0.2, 0.25) is 15.1 Å². The maximum atomic E-state index is 13.3. The Morgan fingerprint density at radius 1 is 1.07 bits per heavy atom. The van der Waals surface area contributed by atoms with Crippen molar-refractivity contribution in [2.45, 2.75) is 13.3 Å². The second kappa shape index (κ2) is 8.97. The van der Waals surface area contributed by atoms with Crippen LogP contribution in [0.1, 0.15) is 22.3 Å². The Morgan fingerprint density at radius 3 is 2.50 bits per heavy atom. The number of aromatic nitrogens is 1. The second-order valence-corrected chi connectivity index (χ2v) is 9.09. The molecule has 3 rings (SSSR count). The number of amides is 1. The number of anilines is 1. The Balaban J connectivity index is 2.01. The number of aryl methyl sites for hydroxylation is 1. The van der Waals surface area contributed by atoms with Gasteiger partial charge in [0.15, 0.2) is 5.13 Å². The van der Waals surface area contributed by atoms with Crippen LogP contribution in [0.25, 0.3) is 10.2 Å². The van der Waals surface area contributed by atoms with Gasteiger partial charge in [0, 0.05) is 16.6 Å². The van der Waals surface area contributed by atoms with Crippen molar-refractivity contribution in [3.8, 4) is 0 Å². The third-order valence-corrected chi connectivity index (χ3v) is 6.06. The summed E-state index contributed by atoms with van der Waals surface area (Å²) in [6, 6.07) is 8.66. The number of hydrogen-bond acceptors (Lipinski definition) is 4. The van der Waals surface area contributed by atoms with Gasteiger partial charge in [-0.3, -0.25) is 9.69 Å². The molecular weight excluding hydrogens is 437 g/mol. The van der Waals surface area contributed by atoms with E-state index in [1.165, 1.54) is 11.3 Å². The van der Waals surface area contributed by atoms with Crippen molar-refractivity contribution in [1.29, 1.82) is 0 Å². The van der Waals surface area contributed by atoms with E-state index in [-0.39, 0.29) is 5.91 Å². The van der Waals surface area contributed by atoms with E-state index in [1.807, 2.05) is 33.2 Å². The van der Waals surface area contributed by atoms with E-state index in [2.05, 4.69) is 4.90 Å². The molecule has 0 unspecified atom stereocenters. The predicted molar refractivity (Wildman–Crippen MR) is 121 cm³/mol. The van der Waals surface area contributed by atoms with Gasteiger partial charge in [-0.15, -0.1) is 0 Å². The fraction of sp³-hybridized carbons (Fsp3) is 0.300.